The highest BCUT2D eigenvalue weighted by atomic mass is 32.2. The lowest BCUT2D eigenvalue weighted by Gasteiger charge is -2.19. The van der Waals surface area contributed by atoms with Crippen molar-refractivity contribution in [2.75, 3.05) is 38.0 Å². The molecule has 2 heterocycles. The molecule has 170 valence electrons. The number of thioether (sulfide) groups is 1. The molecule has 0 aromatic heterocycles. The van der Waals surface area contributed by atoms with Crippen LogP contribution in [-0.4, -0.2) is 61.0 Å². The number of ether oxygens (including phenoxy) is 2. The van der Waals surface area contributed by atoms with Crippen LogP contribution in [0.15, 0.2) is 59.2 Å². The van der Waals surface area contributed by atoms with Gasteiger partial charge in [0.05, 0.1) is 25.7 Å². The molecule has 1 fully saturated rings. The van der Waals surface area contributed by atoms with Crippen molar-refractivity contribution in [1.82, 2.24) is 10.2 Å². The van der Waals surface area contributed by atoms with Crippen molar-refractivity contribution in [3.8, 4) is 11.5 Å². The van der Waals surface area contributed by atoms with Crippen LogP contribution in [0, 0.1) is 0 Å². The van der Waals surface area contributed by atoms with Gasteiger partial charge < -0.3 is 14.8 Å². The molecule has 1 saturated heterocycles. The first kappa shape index (κ1) is 22.4. The minimum atomic E-state index is -0.408. The fraction of sp³-hybridized carbons (Fsp3) is 0.217. The van der Waals surface area contributed by atoms with E-state index in [-0.39, 0.29) is 23.3 Å². The average Bonchev–Trinajstić information content (AvgIpc) is 3.40. The first-order valence-corrected chi connectivity index (χ1v) is 11.1. The van der Waals surface area contributed by atoms with Gasteiger partial charge in [0.2, 0.25) is 5.91 Å². The SMILES string of the molecule is COc1ccc(C=C2N=C(SCC(=O)N3CCNC3=O)N(c3cccc(OC)c3)C2=O)cc1. The number of nitrogens with one attached hydrogen (secondary N) is 1. The molecule has 10 heteroatoms. The lowest BCUT2D eigenvalue weighted by atomic mass is 10.2. The number of methoxy groups -OCH3 is 2. The zero-order valence-corrected chi connectivity index (χ0v) is 18.9. The highest BCUT2D eigenvalue weighted by Crippen LogP contribution is 2.31. The smallest absolute Gasteiger partial charge is 0.324 e. The molecule has 2 aromatic carbocycles. The van der Waals surface area contributed by atoms with E-state index in [0.717, 1.165) is 22.2 Å². The number of imide groups is 1. The number of amides is 4. The van der Waals surface area contributed by atoms with Crippen molar-refractivity contribution in [3.05, 3.63) is 59.8 Å². The Balaban J connectivity index is 1.62. The Bertz CT molecular complexity index is 1150. The maximum Gasteiger partial charge on any atom is 0.324 e. The molecule has 2 aliphatic rings. The summed E-state index contributed by atoms with van der Waals surface area (Å²) in [5, 5.41) is 2.95. The van der Waals surface area contributed by atoms with Gasteiger partial charge in [0.1, 0.15) is 17.2 Å². The number of carbonyl (C=O) groups excluding carboxylic acids is 3. The molecule has 4 rings (SSSR count). The Labute approximate surface area is 195 Å². The Morgan fingerprint density at radius 2 is 1.88 bits per heavy atom. The van der Waals surface area contributed by atoms with Gasteiger partial charge in [0.15, 0.2) is 5.17 Å². The summed E-state index contributed by atoms with van der Waals surface area (Å²) in [4.78, 5) is 44.7. The Morgan fingerprint density at radius 3 is 2.55 bits per heavy atom. The highest BCUT2D eigenvalue weighted by Gasteiger charge is 2.34. The molecular formula is C23H22N4O5S. The lowest BCUT2D eigenvalue weighted by Crippen LogP contribution is -2.36. The van der Waals surface area contributed by atoms with Crippen LogP contribution in [-0.2, 0) is 9.59 Å². The van der Waals surface area contributed by atoms with Crippen LogP contribution >= 0.6 is 11.8 Å². The Morgan fingerprint density at radius 1 is 1.12 bits per heavy atom. The van der Waals surface area contributed by atoms with E-state index < -0.39 is 6.03 Å². The van der Waals surface area contributed by atoms with Crippen LogP contribution in [0.1, 0.15) is 5.56 Å². The van der Waals surface area contributed by atoms with Gasteiger partial charge in [-0.05, 0) is 35.9 Å². The summed E-state index contributed by atoms with van der Waals surface area (Å²) >= 11 is 1.10. The molecule has 2 aliphatic heterocycles. The molecule has 0 aliphatic carbocycles. The zero-order chi connectivity index (χ0) is 23.4. The summed E-state index contributed by atoms with van der Waals surface area (Å²) < 4.78 is 10.5. The third kappa shape index (κ3) is 4.85. The van der Waals surface area contributed by atoms with Gasteiger partial charge >= 0.3 is 6.03 Å². The van der Waals surface area contributed by atoms with Gasteiger partial charge in [-0.1, -0.05) is 30.0 Å². The molecule has 33 heavy (non-hydrogen) atoms. The zero-order valence-electron chi connectivity index (χ0n) is 18.1. The lowest BCUT2D eigenvalue weighted by molar-refractivity contribution is -0.124. The number of hydrogen-bond acceptors (Lipinski definition) is 7. The molecule has 0 saturated carbocycles. The van der Waals surface area contributed by atoms with Crippen LogP contribution in [0.2, 0.25) is 0 Å². The van der Waals surface area contributed by atoms with Crippen molar-refractivity contribution < 1.29 is 23.9 Å². The summed E-state index contributed by atoms with van der Waals surface area (Å²) in [6.07, 6.45) is 1.68. The van der Waals surface area contributed by atoms with Gasteiger partial charge in [-0.25, -0.2) is 9.79 Å². The molecule has 0 atom stereocenters. The van der Waals surface area contributed by atoms with Crippen molar-refractivity contribution in [3.63, 3.8) is 0 Å². The van der Waals surface area contributed by atoms with Crippen molar-refractivity contribution in [2.24, 2.45) is 4.99 Å². The quantitative estimate of drug-likeness (QED) is 0.657. The number of urea groups is 1. The molecule has 2 aromatic rings. The third-order valence-electron chi connectivity index (χ3n) is 5.04. The van der Waals surface area contributed by atoms with E-state index in [4.69, 9.17) is 9.47 Å². The molecule has 9 nitrogen and oxygen atoms in total. The van der Waals surface area contributed by atoms with Crippen molar-refractivity contribution >= 4 is 46.5 Å². The fourth-order valence-corrected chi connectivity index (χ4v) is 4.23. The fourth-order valence-electron chi connectivity index (χ4n) is 3.34. The maximum atomic E-state index is 13.3. The van der Waals surface area contributed by atoms with Crippen molar-refractivity contribution in [1.29, 1.82) is 0 Å². The normalized spacial score (nSPS) is 16.8. The van der Waals surface area contributed by atoms with E-state index >= 15 is 0 Å². The summed E-state index contributed by atoms with van der Waals surface area (Å²) in [5.41, 5.74) is 1.58. The number of anilines is 1. The first-order chi connectivity index (χ1) is 16.0. The predicted octanol–water partition coefficient (Wildman–Crippen LogP) is 2.73. The number of benzene rings is 2. The van der Waals surface area contributed by atoms with Crippen LogP contribution in [0.25, 0.3) is 6.08 Å². The Kier molecular flexibility index (Phi) is 6.64. The van der Waals surface area contributed by atoms with Crippen LogP contribution < -0.4 is 19.7 Å². The van der Waals surface area contributed by atoms with E-state index in [1.54, 1.807) is 56.7 Å². The number of amidine groups is 1. The van der Waals surface area contributed by atoms with E-state index in [9.17, 15) is 14.4 Å². The van der Waals surface area contributed by atoms with E-state index in [0.29, 0.717) is 35.4 Å². The van der Waals surface area contributed by atoms with Crippen molar-refractivity contribution in [2.45, 2.75) is 0 Å². The number of hydrogen-bond donors (Lipinski definition) is 1. The summed E-state index contributed by atoms with van der Waals surface area (Å²) in [5.74, 6) is 0.589. The number of carbonyl (C=O) groups is 3. The molecule has 0 radical (unpaired) electrons. The van der Waals surface area contributed by atoms with Crippen LogP contribution in [0.3, 0.4) is 0 Å². The molecule has 0 bridgehead atoms. The number of aliphatic imine (C=N–C) groups is 1. The third-order valence-corrected chi connectivity index (χ3v) is 5.97. The summed E-state index contributed by atoms with van der Waals surface area (Å²) in [7, 11) is 3.13. The maximum absolute atomic E-state index is 13.3. The van der Waals surface area contributed by atoms with Gasteiger partial charge in [-0.3, -0.25) is 19.4 Å². The molecular weight excluding hydrogens is 444 g/mol. The van der Waals surface area contributed by atoms with E-state index in [1.807, 2.05) is 12.1 Å². The number of nitrogens with zero attached hydrogens (tertiary/aromatic N) is 3. The minimum absolute atomic E-state index is 0.0319. The summed E-state index contributed by atoms with van der Waals surface area (Å²) in [6, 6.07) is 13.9. The molecule has 4 amide bonds. The van der Waals surface area contributed by atoms with Gasteiger partial charge in [0.25, 0.3) is 5.91 Å². The second-order valence-electron chi connectivity index (χ2n) is 7.11. The van der Waals surface area contributed by atoms with Crippen LogP contribution in [0.4, 0.5) is 10.5 Å². The largest absolute Gasteiger partial charge is 0.497 e. The molecule has 0 unspecified atom stereocenters. The second kappa shape index (κ2) is 9.78. The standard InChI is InChI=1S/C23H22N4O5S/c1-31-17-8-6-15(7-9-17)12-19-21(29)27(16-4-3-5-18(13-16)32-2)23(25-19)33-14-20(28)26-11-10-24-22(26)30/h3-9,12-13H,10-11,14H2,1-2H3,(H,24,30). The Hall–Kier alpha value is -3.79. The average molecular weight is 467 g/mol. The van der Waals surface area contributed by atoms with E-state index in [2.05, 4.69) is 10.3 Å². The molecule has 0 spiro atoms. The van der Waals surface area contributed by atoms with Gasteiger partial charge in [0, 0.05) is 19.2 Å². The molecule has 1 N–H and O–H groups in total. The van der Waals surface area contributed by atoms with Gasteiger partial charge in [-0.2, -0.15) is 0 Å². The van der Waals surface area contributed by atoms with Gasteiger partial charge in [-0.15, -0.1) is 0 Å². The predicted molar refractivity (Wildman–Crippen MR) is 126 cm³/mol. The summed E-state index contributed by atoms with van der Waals surface area (Å²) in [6.45, 7) is 0.755. The second-order valence-corrected chi connectivity index (χ2v) is 8.05. The monoisotopic (exact) mass is 466 g/mol. The van der Waals surface area contributed by atoms with Crippen LogP contribution in [0.5, 0.6) is 11.5 Å². The first-order valence-electron chi connectivity index (χ1n) is 10.1. The topological polar surface area (TPSA) is 101 Å². The number of rotatable bonds is 6. The van der Waals surface area contributed by atoms with E-state index in [1.165, 1.54) is 4.90 Å². The minimum Gasteiger partial charge on any atom is -0.497 e. The highest BCUT2D eigenvalue weighted by molar-refractivity contribution is 8.14.